The molecule has 0 amide bonds. The summed E-state index contributed by atoms with van der Waals surface area (Å²) in [5.41, 5.74) is 2.76. The van der Waals surface area contributed by atoms with Crippen molar-refractivity contribution < 1.29 is 13.5 Å². The summed E-state index contributed by atoms with van der Waals surface area (Å²) in [7, 11) is -3.02. The molecule has 0 fully saturated rings. The first kappa shape index (κ1) is 23.8. The highest BCUT2D eigenvalue weighted by atomic mass is 32.2. The quantitative estimate of drug-likeness (QED) is 0.325. The van der Waals surface area contributed by atoms with E-state index in [0.29, 0.717) is 37.2 Å². The van der Waals surface area contributed by atoms with Gasteiger partial charge in [-0.2, -0.15) is 11.8 Å². The van der Waals surface area contributed by atoms with Crippen molar-refractivity contribution >= 4 is 43.2 Å². The molecule has 3 aromatic rings. The van der Waals surface area contributed by atoms with Crippen molar-refractivity contribution in [2.45, 2.75) is 19.3 Å². The number of rotatable bonds is 13. The lowest BCUT2D eigenvalue weighted by Crippen LogP contribution is -2.22. The van der Waals surface area contributed by atoms with Gasteiger partial charge < -0.3 is 15.4 Å². The van der Waals surface area contributed by atoms with Crippen LogP contribution in [-0.2, 0) is 22.7 Å². The standard InChI is InChI=1S/C22H28N2O4S3/c25-19-8-7-18(21-20(19)24-22(26)30-21)9-12-23-11-4-15-31(27,28)16-14-29-13-10-17-5-2-1-3-6-17/h1-3,5-8,23,25H,4,9-16H2,(H,24,26). The number of thioether (sulfide) groups is 1. The number of hydrogen-bond acceptors (Lipinski definition) is 7. The average molecular weight is 481 g/mol. The van der Waals surface area contributed by atoms with Gasteiger partial charge in [0.05, 0.1) is 16.2 Å². The average Bonchev–Trinajstić information content (AvgIpc) is 3.15. The Hall–Kier alpha value is -1.81. The Morgan fingerprint density at radius 3 is 2.61 bits per heavy atom. The van der Waals surface area contributed by atoms with Crippen LogP contribution in [0, 0.1) is 0 Å². The van der Waals surface area contributed by atoms with E-state index in [1.54, 1.807) is 17.8 Å². The van der Waals surface area contributed by atoms with Crippen LogP contribution < -0.4 is 10.2 Å². The number of nitrogens with one attached hydrogen (secondary N) is 2. The number of H-pyrrole nitrogens is 1. The molecule has 0 saturated heterocycles. The number of phenols is 1. The molecule has 0 bridgehead atoms. The Morgan fingerprint density at radius 2 is 1.81 bits per heavy atom. The fourth-order valence-corrected chi connectivity index (χ4v) is 7.02. The van der Waals surface area contributed by atoms with E-state index in [2.05, 4.69) is 22.4 Å². The van der Waals surface area contributed by atoms with E-state index in [-0.39, 0.29) is 22.1 Å². The van der Waals surface area contributed by atoms with Gasteiger partial charge in [0.2, 0.25) is 0 Å². The normalized spacial score (nSPS) is 11.9. The van der Waals surface area contributed by atoms with Crippen molar-refractivity contribution in [3.63, 3.8) is 0 Å². The number of fused-ring (bicyclic) bond motifs is 1. The molecule has 0 radical (unpaired) electrons. The molecule has 0 aliphatic rings. The molecular weight excluding hydrogens is 452 g/mol. The van der Waals surface area contributed by atoms with Crippen molar-refractivity contribution in [2.24, 2.45) is 0 Å². The Morgan fingerprint density at radius 1 is 1.00 bits per heavy atom. The van der Waals surface area contributed by atoms with Gasteiger partial charge >= 0.3 is 4.87 Å². The topological polar surface area (TPSA) is 99.3 Å². The van der Waals surface area contributed by atoms with Crippen LogP contribution >= 0.6 is 23.1 Å². The van der Waals surface area contributed by atoms with Crippen LogP contribution in [0.1, 0.15) is 17.5 Å². The first-order valence-corrected chi connectivity index (χ1v) is 14.1. The second-order valence-corrected chi connectivity index (χ2v) is 11.8. The summed E-state index contributed by atoms with van der Waals surface area (Å²) in [5, 5.41) is 13.1. The number of hydrogen-bond donors (Lipinski definition) is 3. The molecule has 0 atom stereocenters. The Bertz CT molecular complexity index is 1120. The third-order valence-electron chi connectivity index (χ3n) is 4.94. The molecule has 168 valence electrons. The SMILES string of the molecule is O=c1[nH]c2c(O)ccc(CCNCCCS(=O)(=O)CCSCCc3ccccc3)c2s1. The predicted molar refractivity (Wildman–Crippen MR) is 131 cm³/mol. The van der Waals surface area contributed by atoms with Crippen molar-refractivity contribution in [3.05, 3.63) is 63.3 Å². The number of thiazole rings is 1. The monoisotopic (exact) mass is 480 g/mol. The van der Waals surface area contributed by atoms with Gasteiger partial charge in [0.15, 0.2) is 9.84 Å². The minimum Gasteiger partial charge on any atom is -0.506 e. The molecule has 9 heteroatoms. The molecule has 1 aromatic heterocycles. The van der Waals surface area contributed by atoms with Gasteiger partial charge in [-0.25, -0.2) is 8.42 Å². The van der Waals surface area contributed by atoms with Gasteiger partial charge in [-0.3, -0.25) is 4.79 Å². The van der Waals surface area contributed by atoms with Crippen molar-refractivity contribution in [3.8, 4) is 5.75 Å². The number of aryl methyl sites for hydroxylation is 1. The summed E-state index contributed by atoms with van der Waals surface area (Å²) in [5.74, 6) is 2.07. The lowest BCUT2D eigenvalue weighted by atomic mass is 10.1. The van der Waals surface area contributed by atoms with Gasteiger partial charge in [0.1, 0.15) is 11.3 Å². The van der Waals surface area contributed by atoms with Gasteiger partial charge in [-0.15, -0.1) is 0 Å². The summed E-state index contributed by atoms with van der Waals surface area (Å²) in [6.45, 7) is 1.31. The lowest BCUT2D eigenvalue weighted by molar-refractivity contribution is 0.480. The predicted octanol–water partition coefficient (Wildman–Crippen LogP) is 3.21. The molecular formula is C22H28N2O4S3. The van der Waals surface area contributed by atoms with Crippen molar-refractivity contribution in [2.75, 3.05) is 36.1 Å². The van der Waals surface area contributed by atoms with Crippen LogP contribution in [0.15, 0.2) is 47.3 Å². The molecule has 31 heavy (non-hydrogen) atoms. The molecule has 1 heterocycles. The summed E-state index contributed by atoms with van der Waals surface area (Å²) in [6, 6.07) is 13.6. The maximum absolute atomic E-state index is 12.2. The minimum atomic E-state index is -3.02. The van der Waals surface area contributed by atoms with Crippen LogP contribution in [0.25, 0.3) is 10.2 Å². The Labute approximate surface area is 191 Å². The van der Waals surface area contributed by atoms with Crippen LogP contribution in [0.3, 0.4) is 0 Å². The van der Waals surface area contributed by atoms with Gasteiger partial charge in [-0.05, 0) is 55.3 Å². The van der Waals surface area contributed by atoms with Gasteiger partial charge in [-0.1, -0.05) is 47.7 Å². The van der Waals surface area contributed by atoms with E-state index in [9.17, 15) is 18.3 Å². The van der Waals surface area contributed by atoms with Crippen LogP contribution in [0.5, 0.6) is 5.75 Å². The number of aromatic hydroxyl groups is 1. The zero-order valence-corrected chi connectivity index (χ0v) is 19.8. The first-order valence-electron chi connectivity index (χ1n) is 10.3. The highest BCUT2D eigenvalue weighted by molar-refractivity contribution is 8.00. The Balaban J connectivity index is 1.29. The van der Waals surface area contributed by atoms with Gasteiger partial charge in [0.25, 0.3) is 0 Å². The first-order chi connectivity index (χ1) is 14.9. The smallest absolute Gasteiger partial charge is 0.305 e. The summed E-state index contributed by atoms with van der Waals surface area (Å²) in [6.07, 6.45) is 2.25. The number of aromatic amines is 1. The zero-order valence-electron chi connectivity index (χ0n) is 17.3. The zero-order chi connectivity index (χ0) is 22.1. The van der Waals surface area contributed by atoms with Crippen LogP contribution in [-0.4, -0.2) is 54.6 Å². The second kappa shape index (κ2) is 11.7. The van der Waals surface area contributed by atoms with E-state index in [1.165, 1.54) is 5.56 Å². The molecule has 3 N–H and O–H groups in total. The number of benzene rings is 2. The molecule has 0 spiro atoms. The number of phenolic OH excluding ortho intramolecular Hbond substituents is 1. The fraction of sp³-hybridized carbons (Fsp3) is 0.409. The highest BCUT2D eigenvalue weighted by Crippen LogP contribution is 2.27. The van der Waals surface area contributed by atoms with E-state index in [0.717, 1.165) is 33.8 Å². The largest absolute Gasteiger partial charge is 0.506 e. The Kier molecular flexibility index (Phi) is 9.01. The lowest BCUT2D eigenvalue weighted by Gasteiger charge is -2.07. The van der Waals surface area contributed by atoms with Crippen molar-refractivity contribution in [1.82, 2.24) is 10.3 Å². The summed E-state index contributed by atoms with van der Waals surface area (Å²) in [4.78, 5) is 14.0. The molecule has 0 aliphatic carbocycles. The highest BCUT2D eigenvalue weighted by Gasteiger charge is 2.11. The number of sulfone groups is 1. The van der Waals surface area contributed by atoms with Gasteiger partial charge in [0, 0.05) is 5.75 Å². The molecule has 3 rings (SSSR count). The fourth-order valence-electron chi connectivity index (χ4n) is 3.26. The third kappa shape index (κ3) is 7.68. The van der Waals surface area contributed by atoms with E-state index >= 15 is 0 Å². The van der Waals surface area contributed by atoms with E-state index in [1.807, 2.05) is 24.3 Å². The molecule has 0 saturated carbocycles. The van der Waals surface area contributed by atoms with Crippen LogP contribution in [0.4, 0.5) is 0 Å². The van der Waals surface area contributed by atoms with E-state index < -0.39 is 9.84 Å². The van der Waals surface area contributed by atoms with E-state index in [4.69, 9.17) is 0 Å². The molecule has 2 aromatic carbocycles. The number of aromatic nitrogens is 1. The summed E-state index contributed by atoms with van der Waals surface area (Å²) >= 11 is 2.78. The third-order valence-corrected chi connectivity index (χ3v) is 8.87. The maximum atomic E-state index is 12.2. The maximum Gasteiger partial charge on any atom is 0.305 e. The molecule has 6 nitrogen and oxygen atoms in total. The molecule has 0 unspecified atom stereocenters. The summed E-state index contributed by atoms with van der Waals surface area (Å²) < 4.78 is 25.2. The second-order valence-electron chi connectivity index (χ2n) is 7.32. The molecule has 0 aliphatic heterocycles. The van der Waals surface area contributed by atoms with Crippen molar-refractivity contribution in [1.29, 1.82) is 0 Å². The minimum absolute atomic E-state index is 0.0773. The van der Waals surface area contributed by atoms with Crippen LogP contribution in [0.2, 0.25) is 0 Å².